The largest absolute Gasteiger partial charge is 0.416 e. The molecule has 0 amide bonds. The lowest BCUT2D eigenvalue weighted by atomic mass is 10.2. The Kier molecular flexibility index (Phi) is 5.06. The molecule has 2 heterocycles. The maximum Gasteiger partial charge on any atom is 0.416 e. The number of benzene rings is 1. The molecule has 7 nitrogen and oxygen atoms in total. The highest BCUT2D eigenvalue weighted by molar-refractivity contribution is 7.89. The van der Waals surface area contributed by atoms with Gasteiger partial charge in [0.2, 0.25) is 15.6 Å². The summed E-state index contributed by atoms with van der Waals surface area (Å²) in [6.45, 7) is 3.58. The van der Waals surface area contributed by atoms with Crippen molar-refractivity contribution in [2.24, 2.45) is 0 Å². The third-order valence-electron chi connectivity index (χ3n) is 4.21. The minimum Gasteiger partial charge on any atom is -0.328 e. The highest BCUT2D eigenvalue weighted by atomic mass is 32.2. The van der Waals surface area contributed by atoms with Crippen LogP contribution >= 0.6 is 0 Å². The number of H-pyrrole nitrogens is 1. The molecule has 3 aromatic rings. The van der Waals surface area contributed by atoms with E-state index in [2.05, 4.69) is 14.7 Å². The summed E-state index contributed by atoms with van der Waals surface area (Å²) in [4.78, 5) is 17.6. The number of hydrogen-bond donors (Lipinski definition) is 2. The molecule has 0 aliphatic heterocycles. The summed E-state index contributed by atoms with van der Waals surface area (Å²) in [5, 5.41) is 0. The van der Waals surface area contributed by atoms with Crippen molar-refractivity contribution in [2.75, 3.05) is 0 Å². The van der Waals surface area contributed by atoms with E-state index < -0.39 is 33.4 Å². The Hall–Kier alpha value is -2.66. The predicted octanol–water partition coefficient (Wildman–Crippen LogP) is 2.80. The Morgan fingerprint density at radius 2 is 1.96 bits per heavy atom. The van der Waals surface area contributed by atoms with Crippen LogP contribution in [0.3, 0.4) is 0 Å². The molecule has 0 saturated carbocycles. The Labute approximate surface area is 158 Å². The van der Waals surface area contributed by atoms with Gasteiger partial charge in [0.1, 0.15) is 5.82 Å². The first-order valence-electron chi connectivity index (χ1n) is 8.31. The number of hydrogen-bond acceptors (Lipinski definition) is 4. The first-order chi connectivity index (χ1) is 13.0. The quantitative estimate of drug-likeness (QED) is 0.671. The minimum atomic E-state index is -4.49. The van der Waals surface area contributed by atoms with E-state index in [0.29, 0.717) is 12.1 Å². The lowest BCUT2D eigenvalue weighted by Gasteiger charge is -2.15. The number of aryl methyl sites for hydroxylation is 1. The van der Waals surface area contributed by atoms with Crippen LogP contribution in [0.1, 0.15) is 31.3 Å². The van der Waals surface area contributed by atoms with E-state index in [-0.39, 0.29) is 16.2 Å². The summed E-state index contributed by atoms with van der Waals surface area (Å²) >= 11 is 0. The highest BCUT2D eigenvalue weighted by Gasteiger charge is 2.31. The summed E-state index contributed by atoms with van der Waals surface area (Å²) < 4.78 is 68.0. The van der Waals surface area contributed by atoms with Crippen LogP contribution in [0.4, 0.5) is 13.2 Å². The maximum absolute atomic E-state index is 13.0. The molecule has 1 aromatic carbocycles. The molecule has 2 aromatic heterocycles. The van der Waals surface area contributed by atoms with Crippen LogP contribution in [0.15, 0.2) is 46.2 Å². The molecule has 0 saturated heterocycles. The monoisotopic (exact) mass is 414 g/mol. The summed E-state index contributed by atoms with van der Waals surface area (Å²) in [5.74, 6) is 0.282. The van der Waals surface area contributed by atoms with Crippen molar-refractivity contribution in [3.05, 3.63) is 58.3 Å². The number of fused-ring (bicyclic) bond motifs is 1. The van der Waals surface area contributed by atoms with Crippen LogP contribution in [0.2, 0.25) is 0 Å². The SMILES string of the molecule is CCn1c(C(C)NS(=O)(=O)c2ccc(=O)[nH]c2)nc2ccc(C(F)(F)F)cc21. The van der Waals surface area contributed by atoms with Gasteiger partial charge in [0.15, 0.2) is 0 Å². The molecule has 1 unspecified atom stereocenters. The van der Waals surface area contributed by atoms with E-state index in [4.69, 9.17) is 0 Å². The van der Waals surface area contributed by atoms with Gasteiger partial charge in [-0.05, 0) is 38.1 Å². The van der Waals surface area contributed by atoms with E-state index >= 15 is 0 Å². The molecule has 0 spiro atoms. The van der Waals surface area contributed by atoms with Crippen molar-refractivity contribution in [2.45, 2.75) is 37.5 Å². The number of rotatable bonds is 5. The lowest BCUT2D eigenvalue weighted by Crippen LogP contribution is -2.29. The molecule has 150 valence electrons. The number of alkyl halides is 3. The van der Waals surface area contributed by atoms with Gasteiger partial charge in [-0.1, -0.05) is 0 Å². The maximum atomic E-state index is 13.0. The summed E-state index contributed by atoms with van der Waals surface area (Å²) in [5.41, 5.74) is -0.648. The first kappa shape index (κ1) is 20.1. The normalized spacial score (nSPS) is 13.8. The van der Waals surface area contributed by atoms with Gasteiger partial charge in [0, 0.05) is 18.8 Å². The zero-order valence-electron chi connectivity index (χ0n) is 14.9. The van der Waals surface area contributed by atoms with Crippen LogP contribution in [0, 0.1) is 0 Å². The third kappa shape index (κ3) is 3.80. The van der Waals surface area contributed by atoms with Crippen molar-refractivity contribution < 1.29 is 21.6 Å². The number of sulfonamides is 1. The van der Waals surface area contributed by atoms with Crippen molar-refractivity contribution in [1.82, 2.24) is 19.3 Å². The molecule has 0 bridgehead atoms. The second-order valence-electron chi connectivity index (χ2n) is 6.15. The molecule has 11 heteroatoms. The van der Waals surface area contributed by atoms with Gasteiger partial charge in [0.05, 0.1) is 27.5 Å². The van der Waals surface area contributed by atoms with Crippen LogP contribution in [-0.2, 0) is 22.7 Å². The molecule has 3 rings (SSSR count). The average Bonchev–Trinajstić information content (AvgIpc) is 2.99. The molecular weight excluding hydrogens is 397 g/mol. The first-order valence-corrected chi connectivity index (χ1v) is 9.79. The number of halogens is 3. The van der Waals surface area contributed by atoms with Crippen LogP contribution in [0.5, 0.6) is 0 Å². The molecular formula is C17H17F3N4O3S. The van der Waals surface area contributed by atoms with E-state index in [9.17, 15) is 26.4 Å². The van der Waals surface area contributed by atoms with Gasteiger partial charge >= 0.3 is 6.18 Å². The topological polar surface area (TPSA) is 96.9 Å². The number of pyridine rings is 1. The molecule has 28 heavy (non-hydrogen) atoms. The standard InChI is InChI=1S/C17H17F3N4O3S/c1-3-24-14-8-11(17(18,19)20)4-6-13(14)22-16(24)10(2)23-28(26,27)12-5-7-15(25)21-9-12/h4-10,23H,3H2,1-2H3,(H,21,25). The van der Waals surface area contributed by atoms with Crippen molar-refractivity contribution >= 4 is 21.1 Å². The van der Waals surface area contributed by atoms with Crippen LogP contribution < -0.4 is 10.3 Å². The van der Waals surface area contributed by atoms with E-state index in [1.807, 2.05) is 0 Å². The Morgan fingerprint density at radius 1 is 1.25 bits per heavy atom. The Morgan fingerprint density at radius 3 is 2.54 bits per heavy atom. The van der Waals surface area contributed by atoms with Gasteiger partial charge in [0.25, 0.3) is 0 Å². The Balaban J connectivity index is 2.00. The number of aromatic nitrogens is 3. The molecule has 0 radical (unpaired) electrons. The second kappa shape index (κ2) is 7.06. The van der Waals surface area contributed by atoms with Gasteiger partial charge in [-0.25, -0.2) is 18.1 Å². The highest BCUT2D eigenvalue weighted by Crippen LogP contribution is 2.32. The zero-order valence-corrected chi connectivity index (χ0v) is 15.7. The molecule has 2 N–H and O–H groups in total. The minimum absolute atomic E-state index is 0.141. The predicted molar refractivity (Wildman–Crippen MR) is 96.2 cm³/mol. The summed E-state index contributed by atoms with van der Waals surface area (Å²) in [6, 6.07) is 4.62. The average molecular weight is 414 g/mol. The summed E-state index contributed by atoms with van der Waals surface area (Å²) in [6.07, 6.45) is -3.43. The second-order valence-corrected chi connectivity index (χ2v) is 7.86. The van der Waals surface area contributed by atoms with Gasteiger partial charge in [-0.2, -0.15) is 13.2 Å². The van der Waals surface area contributed by atoms with E-state index in [1.54, 1.807) is 13.8 Å². The van der Waals surface area contributed by atoms with Gasteiger partial charge in [-0.15, -0.1) is 0 Å². The fraction of sp³-hybridized carbons (Fsp3) is 0.294. The fourth-order valence-corrected chi connectivity index (χ4v) is 4.07. The van der Waals surface area contributed by atoms with Crippen molar-refractivity contribution in [3.8, 4) is 0 Å². The van der Waals surface area contributed by atoms with Crippen molar-refractivity contribution in [1.29, 1.82) is 0 Å². The van der Waals surface area contributed by atoms with Crippen LogP contribution in [-0.4, -0.2) is 23.0 Å². The fourth-order valence-electron chi connectivity index (χ4n) is 2.90. The summed E-state index contributed by atoms with van der Waals surface area (Å²) in [7, 11) is -3.97. The molecule has 0 aliphatic rings. The van der Waals surface area contributed by atoms with Crippen LogP contribution in [0.25, 0.3) is 11.0 Å². The number of imidazole rings is 1. The molecule has 0 fully saturated rings. The Bertz CT molecular complexity index is 1160. The number of nitrogens with zero attached hydrogens (tertiary/aromatic N) is 2. The zero-order chi connectivity index (χ0) is 20.7. The lowest BCUT2D eigenvalue weighted by molar-refractivity contribution is -0.137. The molecule has 1 atom stereocenters. The molecule has 0 aliphatic carbocycles. The van der Waals surface area contributed by atoms with E-state index in [1.165, 1.54) is 10.6 Å². The third-order valence-corrected chi connectivity index (χ3v) is 5.74. The smallest absolute Gasteiger partial charge is 0.328 e. The number of aromatic amines is 1. The van der Waals surface area contributed by atoms with Gasteiger partial charge in [-0.3, -0.25) is 4.79 Å². The number of nitrogens with one attached hydrogen (secondary N) is 2. The van der Waals surface area contributed by atoms with Crippen molar-refractivity contribution in [3.63, 3.8) is 0 Å². The van der Waals surface area contributed by atoms with Gasteiger partial charge < -0.3 is 9.55 Å². The van der Waals surface area contributed by atoms with E-state index in [0.717, 1.165) is 30.5 Å².